The van der Waals surface area contributed by atoms with Crippen molar-refractivity contribution in [3.63, 3.8) is 0 Å². The average molecular weight is 321 g/mol. The quantitative estimate of drug-likeness (QED) is 0.708. The van der Waals surface area contributed by atoms with E-state index in [1.165, 1.54) is 6.92 Å². The topological polar surface area (TPSA) is 63.1 Å². The summed E-state index contributed by atoms with van der Waals surface area (Å²) in [6.45, 7) is 1.68. The van der Waals surface area contributed by atoms with Crippen molar-refractivity contribution in [2.24, 2.45) is 7.05 Å². The predicted molar refractivity (Wildman–Crippen MR) is 96.5 cm³/mol. The van der Waals surface area contributed by atoms with E-state index in [1.807, 2.05) is 54.2 Å². The Bertz CT molecular complexity index is 895. The number of carbonyl (C=O) groups is 2. The fraction of sp³-hybridized carbons (Fsp3) is 0.158. The molecule has 0 spiro atoms. The Morgan fingerprint density at radius 1 is 1.00 bits per heavy atom. The highest BCUT2D eigenvalue weighted by Gasteiger charge is 2.13. The number of amides is 1. The second kappa shape index (κ2) is 6.58. The Labute approximate surface area is 140 Å². The number of benzene rings is 2. The van der Waals surface area contributed by atoms with Crippen LogP contribution in [0.1, 0.15) is 17.3 Å². The summed E-state index contributed by atoms with van der Waals surface area (Å²) in [7, 11) is 1.94. The number of rotatable bonds is 5. The first-order chi connectivity index (χ1) is 11.5. The Balaban J connectivity index is 1.70. The summed E-state index contributed by atoms with van der Waals surface area (Å²) < 4.78 is 1.96. The van der Waals surface area contributed by atoms with Crippen LogP contribution in [0.2, 0.25) is 0 Å². The van der Waals surface area contributed by atoms with Gasteiger partial charge >= 0.3 is 0 Å². The van der Waals surface area contributed by atoms with Gasteiger partial charge in [-0.1, -0.05) is 18.2 Å². The predicted octanol–water partition coefficient (Wildman–Crippen LogP) is 3.43. The molecule has 3 rings (SSSR count). The molecule has 0 aliphatic rings. The van der Waals surface area contributed by atoms with Gasteiger partial charge in [0.25, 0.3) is 0 Å². The smallest absolute Gasteiger partial charge is 0.221 e. The lowest BCUT2D eigenvalue weighted by atomic mass is 10.1. The van der Waals surface area contributed by atoms with E-state index in [1.54, 1.807) is 12.1 Å². The lowest BCUT2D eigenvalue weighted by Gasteiger charge is -2.07. The second-order valence-electron chi connectivity index (χ2n) is 5.71. The number of ketones is 1. The summed E-state index contributed by atoms with van der Waals surface area (Å²) in [5, 5.41) is 6.80. The molecule has 122 valence electrons. The fourth-order valence-electron chi connectivity index (χ4n) is 2.72. The third-order valence-corrected chi connectivity index (χ3v) is 3.86. The van der Waals surface area contributed by atoms with Crippen LogP contribution in [0.15, 0.2) is 54.7 Å². The van der Waals surface area contributed by atoms with Crippen molar-refractivity contribution in [3.8, 4) is 0 Å². The molecule has 0 unspecified atom stereocenters. The van der Waals surface area contributed by atoms with E-state index in [9.17, 15) is 9.59 Å². The molecule has 0 saturated heterocycles. The standard InChI is InChI=1S/C19H19N3O2/c1-13(23)21-15-9-7-14(8-10-15)20-11-19(24)17-12-22(2)18-6-4-3-5-16(17)18/h3-10,12,20H,11H2,1-2H3,(H,21,23). The summed E-state index contributed by atoms with van der Waals surface area (Å²) >= 11 is 0. The van der Waals surface area contributed by atoms with Crippen molar-refractivity contribution in [1.82, 2.24) is 4.57 Å². The molecule has 5 heteroatoms. The van der Waals surface area contributed by atoms with Crippen molar-refractivity contribution in [2.45, 2.75) is 6.92 Å². The minimum Gasteiger partial charge on any atom is -0.378 e. The molecule has 1 aromatic heterocycles. The van der Waals surface area contributed by atoms with Gasteiger partial charge in [-0.15, -0.1) is 0 Å². The van der Waals surface area contributed by atoms with Crippen molar-refractivity contribution >= 4 is 34.0 Å². The van der Waals surface area contributed by atoms with Gasteiger partial charge in [0, 0.05) is 48.0 Å². The number of aromatic nitrogens is 1. The number of nitrogens with one attached hydrogen (secondary N) is 2. The maximum atomic E-state index is 12.5. The Morgan fingerprint density at radius 2 is 1.67 bits per heavy atom. The summed E-state index contributed by atoms with van der Waals surface area (Å²) in [4.78, 5) is 23.5. The van der Waals surface area contributed by atoms with E-state index in [2.05, 4.69) is 10.6 Å². The van der Waals surface area contributed by atoms with Gasteiger partial charge in [0.1, 0.15) is 0 Å². The van der Waals surface area contributed by atoms with Crippen LogP contribution < -0.4 is 10.6 Å². The number of hydrogen-bond donors (Lipinski definition) is 2. The zero-order valence-electron chi connectivity index (χ0n) is 13.7. The Morgan fingerprint density at radius 3 is 2.38 bits per heavy atom. The third-order valence-electron chi connectivity index (χ3n) is 3.86. The summed E-state index contributed by atoms with van der Waals surface area (Å²) in [5.41, 5.74) is 3.32. The average Bonchev–Trinajstić information content (AvgIpc) is 2.91. The highest BCUT2D eigenvalue weighted by Crippen LogP contribution is 2.21. The van der Waals surface area contributed by atoms with Gasteiger partial charge in [0.05, 0.1) is 6.54 Å². The minimum absolute atomic E-state index is 0.0396. The van der Waals surface area contributed by atoms with Crippen LogP contribution in [0.5, 0.6) is 0 Å². The molecule has 24 heavy (non-hydrogen) atoms. The molecule has 1 heterocycles. The lowest BCUT2D eigenvalue weighted by molar-refractivity contribution is -0.114. The van der Waals surface area contributed by atoms with Crippen LogP contribution in [0.4, 0.5) is 11.4 Å². The number of aryl methyl sites for hydroxylation is 1. The van der Waals surface area contributed by atoms with E-state index in [0.29, 0.717) is 0 Å². The third kappa shape index (κ3) is 3.30. The summed E-state index contributed by atoms with van der Waals surface area (Å²) in [5.74, 6) is -0.0698. The first-order valence-electron chi connectivity index (χ1n) is 7.73. The highest BCUT2D eigenvalue weighted by molar-refractivity contribution is 6.09. The molecular weight excluding hydrogens is 302 g/mol. The Hall–Kier alpha value is -3.08. The molecule has 1 amide bonds. The number of hydrogen-bond acceptors (Lipinski definition) is 3. The SMILES string of the molecule is CC(=O)Nc1ccc(NCC(=O)c2cn(C)c3ccccc23)cc1. The molecular formula is C19H19N3O2. The molecule has 5 nitrogen and oxygen atoms in total. The number of carbonyl (C=O) groups excluding carboxylic acids is 2. The van der Waals surface area contributed by atoms with E-state index >= 15 is 0 Å². The van der Waals surface area contributed by atoms with Gasteiger partial charge < -0.3 is 15.2 Å². The fourth-order valence-corrected chi connectivity index (χ4v) is 2.72. The number of nitrogens with zero attached hydrogens (tertiary/aromatic N) is 1. The first kappa shape index (κ1) is 15.8. The monoisotopic (exact) mass is 321 g/mol. The minimum atomic E-state index is -0.109. The number of fused-ring (bicyclic) bond motifs is 1. The van der Waals surface area contributed by atoms with Crippen molar-refractivity contribution in [3.05, 3.63) is 60.3 Å². The molecule has 2 aromatic carbocycles. The highest BCUT2D eigenvalue weighted by atomic mass is 16.1. The van der Waals surface area contributed by atoms with Crippen LogP contribution in [0.3, 0.4) is 0 Å². The first-order valence-corrected chi connectivity index (χ1v) is 7.73. The van der Waals surface area contributed by atoms with Crippen molar-refractivity contribution < 1.29 is 9.59 Å². The normalized spacial score (nSPS) is 10.6. The molecule has 0 fully saturated rings. The van der Waals surface area contributed by atoms with Gasteiger partial charge in [0.15, 0.2) is 5.78 Å². The van der Waals surface area contributed by atoms with Gasteiger partial charge in [0.2, 0.25) is 5.91 Å². The molecule has 0 aliphatic carbocycles. The summed E-state index contributed by atoms with van der Waals surface area (Å²) in [6.07, 6.45) is 1.87. The van der Waals surface area contributed by atoms with E-state index in [-0.39, 0.29) is 18.2 Å². The molecule has 0 atom stereocenters. The zero-order valence-corrected chi connectivity index (χ0v) is 13.7. The number of Topliss-reactive ketones (excluding diaryl/α,β-unsaturated/α-hetero) is 1. The second-order valence-corrected chi connectivity index (χ2v) is 5.71. The van der Waals surface area contributed by atoms with Crippen molar-refractivity contribution in [2.75, 3.05) is 17.2 Å². The zero-order chi connectivity index (χ0) is 17.1. The van der Waals surface area contributed by atoms with Gasteiger partial charge in [-0.25, -0.2) is 0 Å². The van der Waals surface area contributed by atoms with Gasteiger partial charge in [-0.2, -0.15) is 0 Å². The van der Waals surface area contributed by atoms with Crippen LogP contribution in [-0.2, 0) is 11.8 Å². The maximum absolute atomic E-state index is 12.5. The molecule has 0 bridgehead atoms. The Kier molecular flexibility index (Phi) is 4.33. The molecule has 0 aliphatic heterocycles. The van der Waals surface area contributed by atoms with E-state index in [4.69, 9.17) is 0 Å². The van der Waals surface area contributed by atoms with Crippen LogP contribution in [0, 0.1) is 0 Å². The van der Waals surface area contributed by atoms with E-state index in [0.717, 1.165) is 27.8 Å². The van der Waals surface area contributed by atoms with Crippen LogP contribution >= 0.6 is 0 Å². The van der Waals surface area contributed by atoms with Crippen LogP contribution in [-0.4, -0.2) is 22.8 Å². The van der Waals surface area contributed by atoms with Crippen LogP contribution in [0.25, 0.3) is 10.9 Å². The largest absolute Gasteiger partial charge is 0.378 e. The lowest BCUT2D eigenvalue weighted by Crippen LogP contribution is -2.13. The summed E-state index contributed by atoms with van der Waals surface area (Å²) in [6, 6.07) is 15.1. The maximum Gasteiger partial charge on any atom is 0.221 e. The molecule has 0 radical (unpaired) electrons. The molecule has 2 N–H and O–H groups in total. The van der Waals surface area contributed by atoms with Gasteiger partial charge in [-0.3, -0.25) is 9.59 Å². The van der Waals surface area contributed by atoms with Crippen molar-refractivity contribution in [1.29, 1.82) is 0 Å². The molecule has 0 saturated carbocycles. The molecule has 3 aromatic rings. The van der Waals surface area contributed by atoms with E-state index < -0.39 is 0 Å². The number of para-hydroxylation sites is 1. The van der Waals surface area contributed by atoms with Gasteiger partial charge in [-0.05, 0) is 30.3 Å². The number of anilines is 2.